The fraction of sp³-hybridized carbons (Fsp3) is 1.00. The van der Waals surface area contributed by atoms with Crippen LogP contribution in [0.5, 0.6) is 0 Å². The lowest BCUT2D eigenvalue weighted by molar-refractivity contribution is 0.212. The second-order valence-corrected chi connectivity index (χ2v) is 6.48. The summed E-state index contributed by atoms with van der Waals surface area (Å²) in [4.78, 5) is 0. The number of rotatable bonds is 2. The molecule has 2 saturated carbocycles. The molecule has 2 aliphatic carbocycles. The van der Waals surface area contributed by atoms with Crippen LogP contribution in [-0.4, -0.2) is 12.1 Å². The van der Waals surface area contributed by atoms with E-state index in [2.05, 4.69) is 5.32 Å². The Bertz CT molecular complexity index is 219. The Kier molecular flexibility index (Phi) is 3.51. The normalized spacial score (nSPS) is 40.9. The van der Waals surface area contributed by atoms with Gasteiger partial charge in [-0.25, -0.2) is 0 Å². The van der Waals surface area contributed by atoms with Crippen molar-refractivity contribution < 1.29 is 0 Å². The summed E-state index contributed by atoms with van der Waals surface area (Å²) in [6.07, 6.45) is 16.5. The first kappa shape index (κ1) is 11.1. The molecule has 3 aliphatic rings. The Labute approximate surface area is 100 Å². The summed E-state index contributed by atoms with van der Waals surface area (Å²) >= 11 is 0. The van der Waals surface area contributed by atoms with Crippen molar-refractivity contribution in [3.63, 3.8) is 0 Å². The van der Waals surface area contributed by atoms with E-state index in [0.717, 1.165) is 23.9 Å². The Morgan fingerprint density at radius 3 is 2.50 bits per heavy atom. The highest BCUT2D eigenvalue weighted by Crippen LogP contribution is 2.36. The highest BCUT2D eigenvalue weighted by atomic mass is 15.0. The van der Waals surface area contributed by atoms with Crippen LogP contribution in [0.2, 0.25) is 0 Å². The average molecular weight is 221 g/mol. The molecule has 0 bridgehead atoms. The summed E-state index contributed by atoms with van der Waals surface area (Å²) in [5.74, 6) is 2.10. The molecular weight excluding hydrogens is 194 g/mol. The Morgan fingerprint density at radius 2 is 1.62 bits per heavy atom. The van der Waals surface area contributed by atoms with Gasteiger partial charge in [0.2, 0.25) is 0 Å². The van der Waals surface area contributed by atoms with E-state index in [9.17, 15) is 0 Å². The van der Waals surface area contributed by atoms with Crippen LogP contribution in [0.25, 0.3) is 0 Å². The minimum atomic E-state index is 0.877. The first-order chi connectivity index (χ1) is 7.92. The minimum Gasteiger partial charge on any atom is -0.311 e. The van der Waals surface area contributed by atoms with E-state index in [1.807, 2.05) is 0 Å². The maximum absolute atomic E-state index is 3.96. The monoisotopic (exact) mass is 221 g/mol. The molecule has 1 N–H and O–H groups in total. The molecule has 3 unspecified atom stereocenters. The molecule has 0 aromatic rings. The quantitative estimate of drug-likeness (QED) is 0.746. The third-order valence-electron chi connectivity index (χ3n) is 5.34. The molecule has 0 amide bonds. The number of nitrogens with one attached hydrogen (secondary N) is 1. The van der Waals surface area contributed by atoms with Crippen LogP contribution in [0, 0.1) is 11.8 Å². The van der Waals surface area contributed by atoms with Crippen molar-refractivity contribution in [3.05, 3.63) is 0 Å². The molecule has 1 heterocycles. The van der Waals surface area contributed by atoms with Gasteiger partial charge in [0.05, 0.1) is 0 Å². The lowest BCUT2D eigenvalue weighted by Crippen LogP contribution is -2.45. The SMILES string of the molecule is C1CCC(CC2CCC3CCCC3N2)CC1. The fourth-order valence-electron chi connectivity index (χ4n) is 4.41. The van der Waals surface area contributed by atoms with Crippen molar-refractivity contribution in [2.45, 2.75) is 82.7 Å². The second kappa shape index (κ2) is 5.08. The van der Waals surface area contributed by atoms with Crippen LogP contribution in [-0.2, 0) is 0 Å². The van der Waals surface area contributed by atoms with Crippen LogP contribution in [0.4, 0.5) is 0 Å². The standard InChI is InChI=1S/C15H27N/c1-2-5-12(6-3-1)11-14-10-9-13-7-4-8-15(13)16-14/h12-16H,1-11H2. The van der Waals surface area contributed by atoms with E-state index in [1.54, 1.807) is 0 Å². The summed E-state index contributed by atoms with van der Waals surface area (Å²) in [6, 6.07) is 1.78. The average Bonchev–Trinajstić information content (AvgIpc) is 2.77. The van der Waals surface area contributed by atoms with Crippen molar-refractivity contribution in [3.8, 4) is 0 Å². The molecule has 3 rings (SSSR count). The first-order valence-electron chi connectivity index (χ1n) is 7.68. The van der Waals surface area contributed by atoms with Crippen molar-refractivity contribution >= 4 is 0 Å². The molecule has 1 aliphatic heterocycles. The van der Waals surface area contributed by atoms with Crippen molar-refractivity contribution in [2.24, 2.45) is 11.8 Å². The molecular formula is C15H27N. The molecule has 3 fully saturated rings. The molecule has 0 aromatic heterocycles. The summed E-state index contributed by atoms with van der Waals surface area (Å²) in [6.45, 7) is 0. The van der Waals surface area contributed by atoms with Gasteiger partial charge in [0.1, 0.15) is 0 Å². The second-order valence-electron chi connectivity index (χ2n) is 6.48. The first-order valence-corrected chi connectivity index (χ1v) is 7.68. The number of fused-ring (bicyclic) bond motifs is 1. The van der Waals surface area contributed by atoms with Gasteiger partial charge in [-0.15, -0.1) is 0 Å². The number of hydrogen-bond donors (Lipinski definition) is 1. The van der Waals surface area contributed by atoms with Crippen LogP contribution in [0.15, 0.2) is 0 Å². The predicted molar refractivity (Wildman–Crippen MR) is 68.5 cm³/mol. The van der Waals surface area contributed by atoms with E-state index in [1.165, 1.54) is 70.6 Å². The van der Waals surface area contributed by atoms with Gasteiger partial charge in [0, 0.05) is 12.1 Å². The molecule has 0 radical (unpaired) electrons. The molecule has 1 nitrogen and oxygen atoms in total. The lowest BCUT2D eigenvalue weighted by atomic mass is 9.81. The Hall–Kier alpha value is -0.0400. The number of piperidine rings is 1. The zero-order chi connectivity index (χ0) is 10.8. The van der Waals surface area contributed by atoms with E-state index >= 15 is 0 Å². The summed E-state index contributed by atoms with van der Waals surface area (Å²) < 4.78 is 0. The topological polar surface area (TPSA) is 12.0 Å². The largest absolute Gasteiger partial charge is 0.311 e. The molecule has 16 heavy (non-hydrogen) atoms. The smallest absolute Gasteiger partial charge is 0.00979 e. The van der Waals surface area contributed by atoms with Crippen LogP contribution >= 0.6 is 0 Å². The van der Waals surface area contributed by atoms with Gasteiger partial charge in [-0.05, 0) is 43.9 Å². The van der Waals surface area contributed by atoms with Crippen LogP contribution < -0.4 is 5.32 Å². The van der Waals surface area contributed by atoms with Crippen LogP contribution in [0.3, 0.4) is 0 Å². The van der Waals surface area contributed by atoms with Crippen molar-refractivity contribution in [2.75, 3.05) is 0 Å². The van der Waals surface area contributed by atoms with E-state index in [0.29, 0.717) is 0 Å². The highest BCUT2D eigenvalue weighted by molar-refractivity contribution is 4.91. The van der Waals surface area contributed by atoms with Gasteiger partial charge in [0.25, 0.3) is 0 Å². The number of hydrogen-bond acceptors (Lipinski definition) is 1. The molecule has 1 heteroatoms. The third-order valence-corrected chi connectivity index (χ3v) is 5.34. The van der Waals surface area contributed by atoms with Gasteiger partial charge in [-0.2, -0.15) is 0 Å². The highest BCUT2D eigenvalue weighted by Gasteiger charge is 2.33. The Balaban J connectivity index is 1.48. The molecule has 92 valence electrons. The minimum absolute atomic E-state index is 0.877. The maximum Gasteiger partial charge on any atom is 0.00979 e. The van der Waals surface area contributed by atoms with Gasteiger partial charge in [-0.1, -0.05) is 38.5 Å². The van der Waals surface area contributed by atoms with Crippen molar-refractivity contribution in [1.82, 2.24) is 5.32 Å². The molecule has 3 atom stereocenters. The van der Waals surface area contributed by atoms with E-state index in [-0.39, 0.29) is 0 Å². The van der Waals surface area contributed by atoms with E-state index in [4.69, 9.17) is 0 Å². The molecule has 1 saturated heterocycles. The van der Waals surface area contributed by atoms with Gasteiger partial charge in [-0.3, -0.25) is 0 Å². The zero-order valence-electron chi connectivity index (χ0n) is 10.6. The maximum atomic E-state index is 3.96. The zero-order valence-corrected chi connectivity index (χ0v) is 10.6. The lowest BCUT2D eigenvalue weighted by Gasteiger charge is -2.36. The summed E-state index contributed by atoms with van der Waals surface area (Å²) in [5.41, 5.74) is 0. The summed E-state index contributed by atoms with van der Waals surface area (Å²) in [5, 5.41) is 3.96. The molecule has 0 spiro atoms. The molecule has 0 aromatic carbocycles. The third kappa shape index (κ3) is 2.45. The predicted octanol–water partition coefficient (Wildman–Crippen LogP) is 3.88. The Morgan fingerprint density at radius 1 is 0.750 bits per heavy atom. The van der Waals surface area contributed by atoms with Gasteiger partial charge < -0.3 is 5.32 Å². The van der Waals surface area contributed by atoms with Gasteiger partial charge in [0.15, 0.2) is 0 Å². The van der Waals surface area contributed by atoms with E-state index < -0.39 is 0 Å². The van der Waals surface area contributed by atoms with Gasteiger partial charge >= 0.3 is 0 Å². The van der Waals surface area contributed by atoms with Crippen LogP contribution in [0.1, 0.15) is 70.6 Å². The fourth-order valence-corrected chi connectivity index (χ4v) is 4.41. The summed E-state index contributed by atoms with van der Waals surface area (Å²) in [7, 11) is 0. The van der Waals surface area contributed by atoms with Crippen molar-refractivity contribution in [1.29, 1.82) is 0 Å².